The lowest BCUT2D eigenvalue weighted by Crippen LogP contribution is -2.06. The monoisotopic (exact) mass is 402 g/mol. The summed E-state index contributed by atoms with van der Waals surface area (Å²) in [6, 6.07) is 7.95. The number of alkyl halides is 3. The number of hydrogen-bond acceptors (Lipinski definition) is 3. The third-order valence-corrected chi connectivity index (χ3v) is 4.38. The third-order valence-electron chi connectivity index (χ3n) is 3.79. The number of carbonyl (C=O) groups excluding carboxylic acids is 1. The second-order valence-corrected chi connectivity index (χ2v) is 6.31. The maximum atomic E-state index is 13.0. The van der Waals surface area contributed by atoms with Gasteiger partial charge >= 0.3 is 12.1 Å². The first kappa shape index (κ1) is 18.5. The van der Waals surface area contributed by atoms with Crippen LogP contribution in [0.4, 0.5) is 13.2 Å². The molecular formula is C17H11Cl2F3N2O2. The van der Waals surface area contributed by atoms with Crippen molar-refractivity contribution in [1.29, 1.82) is 0 Å². The third kappa shape index (κ3) is 3.50. The number of ether oxygens (including phenoxy) is 1. The molecule has 0 aliphatic heterocycles. The molecule has 2 aromatic carbocycles. The van der Waals surface area contributed by atoms with Crippen molar-refractivity contribution in [2.75, 3.05) is 7.11 Å². The largest absolute Gasteiger partial charge is 0.464 e. The fourth-order valence-corrected chi connectivity index (χ4v) is 3.00. The SMILES string of the molecule is COC(=O)c1nn(Cc2ccc(Cl)cc2Cl)c2ccc(C(F)(F)F)cc12. The Morgan fingerprint density at radius 2 is 1.92 bits per heavy atom. The number of methoxy groups -OCH3 is 1. The van der Waals surface area contributed by atoms with E-state index in [-0.39, 0.29) is 17.6 Å². The van der Waals surface area contributed by atoms with Gasteiger partial charge in [-0.2, -0.15) is 18.3 Å². The van der Waals surface area contributed by atoms with E-state index < -0.39 is 17.7 Å². The number of esters is 1. The van der Waals surface area contributed by atoms with Gasteiger partial charge in [0.05, 0.1) is 24.7 Å². The molecule has 0 fully saturated rings. The van der Waals surface area contributed by atoms with Crippen molar-refractivity contribution in [2.24, 2.45) is 0 Å². The molecule has 0 bridgehead atoms. The normalized spacial score (nSPS) is 11.8. The van der Waals surface area contributed by atoms with Gasteiger partial charge in [-0.3, -0.25) is 4.68 Å². The van der Waals surface area contributed by atoms with Gasteiger partial charge in [-0.05, 0) is 35.9 Å². The predicted octanol–water partition coefficient (Wildman–Crippen LogP) is 5.20. The molecule has 0 amide bonds. The number of benzene rings is 2. The van der Waals surface area contributed by atoms with Crippen LogP contribution in [0.1, 0.15) is 21.6 Å². The first-order valence-electron chi connectivity index (χ1n) is 7.30. The molecule has 0 radical (unpaired) electrons. The van der Waals surface area contributed by atoms with Crippen LogP contribution in [-0.4, -0.2) is 22.9 Å². The van der Waals surface area contributed by atoms with Gasteiger partial charge in [0.15, 0.2) is 5.69 Å². The van der Waals surface area contributed by atoms with Crippen molar-refractivity contribution in [3.8, 4) is 0 Å². The summed E-state index contributed by atoms with van der Waals surface area (Å²) in [7, 11) is 1.14. The van der Waals surface area contributed by atoms with Crippen LogP contribution >= 0.6 is 23.2 Å². The zero-order valence-corrected chi connectivity index (χ0v) is 14.8. The van der Waals surface area contributed by atoms with E-state index in [2.05, 4.69) is 9.84 Å². The Kier molecular flexibility index (Phi) is 4.86. The molecular weight excluding hydrogens is 392 g/mol. The molecule has 0 unspecified atom stereocenters. The molecule has 4 nitrogen and oxygen atoms in total. The topological polar surface area (TPSA) is 44.1 Å². The number of fused-ring (bicyclic) bond motifs is 1. The average molecular weight is 403 g/mol. The summed E-state index contributed by atoms with van der Waals surface area (Å²) in [5, 5.41) is 5.01. The molecule has 1 heterocycles. The molecule has 0 N–H and O–H groups in total. The van der Waals surface area contributed by atoms with Crippen LogP contribution < -0.4 is 0 Å². The van der Waals surface area contributed by atoms with Crippen molar-refractivity contribution < 1.29 is 22.7 Å². The molecule has 0 spiro atoms. The second-order valence-electron chi connectivity index (χ2n) is 5.46. The van der Waals surface area contributed by atoms with Crippen LogP contribution in [0.5, 0.6) is 0 Å². The van der Waals surface area contributed by atoms with Crippen LogP contribution in [0, 0.1) is 0 Å². The van der Waals surface area contributed by atoms with Gasteiger partial charge in [-0.15, -0.1) is 0 Å². The summed E-state index contributed by atoms with van der Waals surface area (Å²) in [5.41, 5.74) is -0.0703. The van der Waals surface area contributed by atoms with E-state index in [1.807, 2.05) is 0 Å². The number of nitrogens with zero attached hydrogens (tertiary/aromatic N) is 2. The first-order chi connectivity index (χ1) is 12.2. The molecule has 0 saturated carbocycles. The first-order valence-corrected chi connectivity index (χ1v) is 8.06. The summed E-state index contributed by atoms with van der Waals surface area (Å²) >= 11 is 12.0. The van der Waals surface area contributed by atoms with Gasteiger partial charge in [-0.1, -0.05) is 29.3 Å². The molecule has 0 saturated heterocycles. The van der Waals surface area contributed by atoms with Gasteiger partial charge < -0.3 is 4.74 Å². The van der Waals surface area contributed by atoms with E-state index in [9.17, 15) is 18.0 Å². The molecule has 3 rings (SSSR count). The number of halogens is 5. The molecule has 0 aliphatic rings. The summed E-state index contributed by atoms with van der Waals surface area (Å²) in [4.78, 5) is 11.9. The van der Waals surface area contributed by atoms with E-state index >= 15 is 0 Å². The predicted molar refractivity (Wildman–Crippen MR) is 91.6 cm³/mol. The highest BCUT2D eigenvalue weighted by Crippen LogP contribution is 2.33. The molecule has 0 aliphatic carbocycles. The highest BCUT2D eigenvalue weighted by Gasteiger charge is 2.32. The van der Waals surface area contributed by atoms with E-state index in [0.717, 1.165) is 19.2 Å². The van der Waals surface area contributed by atoms with Gasteiger partial charge in [0.2, 0.25) is 0 Å². The minimum Gasteiger partial charge on any atom is -0.464 e. The van der Waals surface area contributed by atoms with E-state index in [1.165, 1.54) is 10.7 Å². The standard InChI is InChI=1S/C17H11Cl2F3N2O2/c1-26-16(25)15-12-6-10(17(20,21)22)3-5-14(12)24(23-15)8-9-2-4-11(18)7-13(9)19/h2-7H,8H2,1H3. The Bertz CT molecular complexity index is 1000. The highest BCUT2D eigenvalue weighted by molar-refractivity contribution is 6.35. The van der Waals surface area contributed by atoms with Crippen LogP contribution in [0.2, 0.25) is 10.0 Å². The van der Waals surface area contributed by atoms with E-state index in [4.69, 9.17) is 23.2 Å². The van der Waals surface area contributed by atoms with Gasteiger partial charge in [-0.25, -0.2) is 4.79 Å². The highest BCUT2D eigenvalue weighted by atomic mass is 35.5. The molecule has 26 heavy (non-hydrogen) atoms. The van der Waals surface area contributed by atoms with Crippen molar-refractivity contribution >= 4 is 40.1 Å². The van der Waals surface area contributed by atoms with Crippen molar-refractivity contribution in [3.05, 3.63) is 63.3 Å². The summed E-state index contributed by atoms with van der Waals surface area (Å²) in [6.45, 7) is 0.148. The number of aromatic nitrogens is 2. The number of hydrogen-bond donors (Lipinski definition) is 0. The van der Waals surface area contributed by atoms with Crippen molar-refractivity contribution in [1.82, 2.24) is 9.78 Å². The summed E-state index contributed by atoms with van der Waals surface area (Å²) in [6.07, 6.45) is -4.54. The zero-order chi connectivity index (χ0) is 19.1. The van der Waals surface area contributed by atoms with Crippen molar-refractivity contribution in [3.63, 3.8) is 0 Å². The minimum absolute atomic E-state index is 0.0526. The average Bonchev–Trinajstić information content (AvgIpc) is 2.94. The molecule has 9 heteroatoms. The van der Waals surface area contributed by atoms with Crippen LogP contribution in [0.25, 0.3) is 10.9 Å². The Labute approximate surface area is 156 Å². The quantitative estimate of drug-likeness (QED) is 0.565. The van der Waals surface area contributed by atoms with E-state index in [1.54, 1.807) is 18.2 Å². The van der Waals surface area contributed by atoms with Crippen LogP contribution in [0.3, 0.4) is 0 Å². The fraction of sp³-hybridized carbons (Fsp3) is 0.176. The van der Waals surface area contributed by atoms with E-state index in [0.29, 0.717) is 21.1 Å². The molecule has 136 valence electrons. The Morgan fingerprint density at radius 1 is 1.19 bits per heavy atom. The Hall–Kier alpha value is -2.25. The number of rotatable bonds is 3. The minimum atomic E-state index is -4.54. The summed E-state index contributed by atoms with van der Waals surface area (Å²) in [5.74, 6) is -0.824. The maximum absolute atomic E-state index is 13.0. The molecule has 3 aromatic rings. The second kappa shape index (κ2) is 6.81. The van der Waals surface area contributed by atoms with Crippen molar-refractivity contribution in [2.45, 2.75) is 12.7 Å². The van der Waals surface area contributed by atoms with Gasteiger partial charge in [0.1, 0.15) is 0 Å². The zero-order valence-electron chi connectivity index (χ0n) is 13.3. The van der Waals surface area contributed by atoms with Gasteiger partial charge in [0, 0.05) is 15.4 Å². The van der Waals surface area contributed by atoms with Gasteiger partial charge in [0.25, 0.3) is 0 Å². The lowest BCUT2D eigenvalue weighted by atomic mass is 10.1. The lowest BCUT2D eigenvalue weighted by molar-refractivity contribution is -0.137. The molecule has 1 aromatic heterocycles. The number of carbonyl (C=O) groups is 1. The Morgan fingerprint density at radius 3 is 2.54 bits per heavy atom. The maximum Gasteiger partial charge on any atom is 0.416 e. The Balaban J connectivity index is 2.15. The summed E-state index contributed by atoms with van der Waals surface area (Å²) < 4.78 is 45.0. The van der Waals surface area contributed by atoms with Crippen LogP contribution in [0.15, 0.2) is 36.4 Å². The lowest BCUT2D eigenvalue weighted by Gasteiger charge is -2.08. The molecule has 0 atom stereocenters. The van der Waals surface area contributed by atoms with Crippen LogP contribution in [-0.2, 0) is 17.5 Å². The smallest absolute Gasteiger partial charge is 0.416 e. The fourth-order valence-electron chi connectivity index (χ4n) is 2.53.